The molecule has 1 aromatic carbocycles. The van der Waals surface area contributed by atoms with Gasteiger partial charge in [-0.05, 0) is 47.5 Å². The third-order valence-electron chi connectivity index (χ3n) is 2.09. The summed E-state index contributed by atoms with van der Waals surface area (Å²) in [4.78, 5) is 0.235. The first kappa shape index (κ1) is 16.9. The van der Waals surface area contributed by atoms with Gasteiger partial charge < -0.3 is 5.73 Å². The normalized spacial score (nSPS) is 12.9. The van der Waals surface area contributed by atoms with Crippen molar-refractivity contribution in [1.29, 1.82) is 0 Å². The number of nitrogens with one attached hydrogen (secondary N) is 1. The van der Waals surface area contributed by atoms with E-state index in [9.17, 15) is 8.42 Å². The van der Waals surface area contributed by atoms with E-state index < -0.39 is 10.0 Å². The van der Waals surface area contributed by atoms with Crippen molar-refractivity contribution in [3.63, 3.8) is 0 Å². The average molecular weight is 344 g/mol. The number of aryl methyl sites for hydroxylation is 1. The van der Waals surface area contributed by atoms with Crippen LogP contribution in [0.15, 0.2) is 27.6 Å². The van der Waals surface area contributed by atoms with Crippen LogP contribution in [0.5, 0.6) is 0 Å². The Kier molecular flexibility index (Phi) is 6.65. The van der Waals surface area contributed by atoms with Gasteiger partial charge in [0, 0.05) is 17.1 Å². The van der Waals surface area contributed by atoms with Crippen molar-refractivity contribution in [3.05, 3.63) is 28.2 Å². The second-order valence-electron chi connectivity index (χ2n) is 3.69. The summed E-state index contributed by atoms with van der Waals surface area (Å²) in [6, 6.07) is 4.82. The lowest BCUT2D eigenvalue weighted by atomic mass is 10.2. The fourth-order valence-corrected chi connectivity index (χ4v) is 3.65. The highest BCUT2D eigenvalue weighted by Gasteiger charge is 2.19. The predicted molar refractivity (Wildman–Crippen MR) is 75.0 cm³/mol. The van der Waals surface area contributed by atoms with Crippen LogP contribution in [0, 0.1) is 6.92 Å². The molecule has 0 heterocycles. The summed E-state index contributed by atoms with van der Waals surface area (Å²) >= 11 is 3.24. The second kappa shape index (κ2) is 6.70. The minimum absolute atomic E-state index is 0. The Morgan fingerprint density at radius 2 is 2.06 bits per heavy atom. The van der Waals surface area contributed by atoms with Crippen LogP contribution >= 0.6 is 28.3 Å². The Bertz CT molecular complexity index is 479. The molecule has 0 spiro atoms. The first-order valence-corrected chi connectivity index (χ1v) is 7.13. The summed E-state index contributed by atoms with van der Waals surface area (Å²) in [5.41, 5.74) is 6.38. The molecular weight excluding hydrogens is 328 g/mol. The smallest absolute Gasteiger partial charge is 0.241 e. The third-order valence-corrected chi connectivity index (χ3v) is 4.65. The standard InChI is InChI=1S/C10H15BrN2O2S.ClH/c1-7-3-4-10(9(11)5-7)16(14,15)13-8(2)6-12;/h3-5,8,13H,6,12H2,1-2H3;1H/t8-;/m1./s1. The van der Waals surface area contributed by atoms with Crippen molar-refractivity contribution in [2.75, 3.05) is 6.54 Å². The van der Waals surface area contributed by atoms with E-state index in [0.717, 1.165) is 5.56 Å². The zero-order valence-electron chi connectivity index (χ0n) is 9.60. The fraction of sp³-hybridized carbons (Fsp3) is 0.400. The summed E-state index contributed by atoms with van der Waals surface area (Å²) in [6.45, 7) is 3.89. The van der Waals surface area contributed by atoms with Gasteiger partial charge in [0.15, 0.2) is 0 Å². The molecule has 0 aliphatic carbocycles. The Balaban J connectivity index is 0.00000256. The van der Waals surface area contributed by atoms with Crippen LogP contribution < -0.4 is 10.5 Å². The van der Waals surface area contributed by atoms with Gasteiger partial charge in [0.25, 0.3) is 0 Å². The Morgan fingerprint density at radius 3 is 2.53 bits per heavy atom. The number of halogens is 2. The van der Waals surface area contributed by atoms with E-state index >= 15 is 0 Å². The minimum atomic E-state index is -3.50. The predicted octanol–water partition coefficient (Wildman–Crippen LogP) is 1.80. The van der Waals surface area contributed by atoms with Crippen LogP contribution in [-0.4, -0.2) is 21.0 Å². The number of hydrogen-bond acceptors (Lipinski definition) is 3. The van der Waals surface area contributed by atoms with Gasteiger partial charge in [-0.15, -0.1) is 12.4 Å². The van der Waals surface area contributed by atoms with Crippen molar-refractivity contribution >= 4 is 38.4 Å². The lowest BCUT2D eigenvalue weighted by Crippen LogP contribution is -2.37. The number of nitrogens with two attached hydrogens (primary N) is 1. The summed E-state index contributed by atoms with van der Waals surface area (Å²) in [7, 11) is -3.50. The Labute approximate surface area is 117 Å². The maximum Gasteiger partial charge on any atom is 0.241 e. The molecule has 1 rings (SSSR count). The van der Waals surface area contributed by atoms with Gasteiger partial charge in [-0.3, -0.25) is 0 Å². The largest absolute Gasteiger partial charge is 0.329 e. The van der Waals surface area contributed by atoms with E-state index in [4.69, 9.17) is 5.73 Å². The van der Waals surface area contributed by atoms with E-state index in [-0.39, 0.29) is 29.9 Å². The van der Waals surface area contributed by atoms with Crippen LogP contribution in [0.3, 0.4) is 0 Å². The number of sulfonamides is 1. The van der Waals surface area contributed by atoms with Gasteiger partial charge in [-0.1, -0.05) is 6.07 Å². The molecule has 3 N–H and O–H groups in total. The molecule has 0 saturated carbocycles. The van der Waals surface area contributed by atoms with Gasteiger partial charge in [-0.25, -0.2) is 13.1 Å². The molecule has 0 aromatic heterocycles. The van der Waals surface area contributed by atoms with Crippen LogP contribution in [0.2, 0.25) is 0 Å². The minimum Gasteiger partial charge on any atom is -0.329 e. The fourth-order valence-electron chi connectivity index (χ4n) is 1.20. The second-order valence-corrected chi connectivity index (χ2v) is 6.23. The highest BCUT2D eigenvalue weighted by Crippen LogP contribution is 2.22. The molecular formula is C10H16BrClN2O2S. The SMILES string of the molecule is Cc1ccc(S(=O)(=O)N[C@H](C)CN)c(Br)c1.Cl. The van der Waals surface area contributed by atoms with Crippen LogP contribution in [-0.2, 0) is 10.0 Å². The lowest BCUT2D eigenvalue weighted by Gasteiger charge is -2.13. The Morgan fingerprint density at radius 1 is 1.47 bits per heavy atom. The van der Waals surface area contributed by atoms with Crippen molar-refractivity contribution in [2.45, 2.75) is 24.8 Å². The van der Waals surface area contributed by atoms with Crippen molar-refractivity contribution < 1.29 is 8.42 Å². The van der Waals surface area contributed by atoms with Gasteiger partial charge in [0.2, 0.25) is 10.0 Å². The topological polar surface area (TPSA) is 72.2 Å². The summed E-state index contributed by atoms with van der Waals surface area (Å²) < 4.78 is 26.9. The van der Waals surface area contributed by atoms with E-state index in [1.165, 1.54) is 0 Å². The molecule has 0 amide bonds. The van der Waals surface area contributed by atoms with Crippen molar-refractivity contribution in [3.8, 4) is 0 Å². The molecule has 0 unspecified atom stereocenters. The molecule has 1 aromatic rings. The van der Waals surface area contributed by atoms with Gasteiger partial charge in [0.1, 0.15) is 0 Å². The molecule has 0 bridgehead atoms. The molecule has 0 radical (unpaired) electrons. The van der Waals surface area contributed by atoms with Crippen LogP contribution in [0.25, 0.3) is 0 Å². The monoisotopic (exact) mass is 342 g/mol. The molecule has 17 heavy (non-hydrogen) atoms. The molecule has 0 aliphatic heterocycles. The van der Waals surface area contributed by atoms with Crippen molar-refractivity contribution in [1.82, 2.24) is 4.72 Å². The number of hydrogen-bond donors (Lipinski definition) is 2. The zero-order valence-corrected chi connectivity index (χ0v) is 12.8. The molecule has 7 heteroatoms. The summed E-state index contributed by atoms with van der Waals surface area (Å²) in [5.74, 6) is 0. The zero-order chi connectivity index (χ0) is 12.3. The lowest BCUT2D eigenvalue weighted by molar-refractivity contribution is 0.562. The molecule has 0 saturated heterocycles. The first-order valence-electron chi connectivity index (χ1n) is 4.85. The summed E-state index contributed by atoms with van der Waals surface area (Å²) in [5, 5.41) is 0. The average Bonchev–Trinajstić information content (AvgIpc) is 2.16. The Hall–Kier alpha value is -0.140. The van der Waals surface area contributed by atoms with E-state index in [2.05, 4.69) is 20.7 Å². The first-order chi connectivity index (χ1) is 7.36. The molecule has 0 fully saturated rings. The van der Waals surface area contributed by atoms with Crippen molar-refractivity contribution in [2.24, 2.45) is 5.73 Å². The van der Waals surface area contributed by atoms with E-state index in [1.807, 2.05) is 6.92 Å². The molecule has 4 nitrogen and oxygen atoms in total. The highest BCUT2D eigenvalue weighted by atomic mass is 79.9. The molecule has 1 atom stereocenters. The van der Waals surface area contributed by atoms with Gasteiger partial charge in [-0.2, -0.15) is 0 Å². The number of rotatable bonds is 4. The molecule has 0 aliphatic rings. The number of benzene rings is 1. The van der Waals surface area contributed by atoms with E-state index in [0.29, 0.717) is 4.47 Å². The van der Waals surface area contributed by atoms with Gasteiger partial charge >= 0.3 is 0 Å². The van der Waals surface area contributed by atoms with Crippen LogP contribution in [0.1, 0.15) is 12.5 Å². The maximum absolute atomic E-state index is 11.9. The highest BCUT2D eigenvalue weighted by molar-refractivity contribution is 9.10. The molecule has 98 valence electrons. The summed E-state index contributed by atoms with van der Waals surface area (Å²) in [6.07, 6.45) is 0. The quantitative estimate of drug-likeness (QED) is 0.875. The van der Waals surface area contributed by atoms with E-state index in [1.54, 1.807) is 25.1 Å². The van der Waals surface area contributed by atoms with Crippen LogP contribution in [0.4, 0.5) is 0 Å². The maximum atomic E-state index is 11.9. The third kappa shape index (κ3) is 4.56. The van der Waals surface area contributed by atoms with Gasteiger partial charge in [0.05, 0.1) is 4.90 Å².